The Morgan fingerprint density at radius 2 is 2.00 bits per heavy atom. The number of nitrogens with two attached hydrogens (primary N) is 1. The third kappa shape index (κ3) is 6.46. The first kappa shape index (κ1) is 13.9. The Morgan fingerprint density at radius 3 is 2.56 bits per heavy atom. The fourth-order valence-electron chi connectivity index (χ4n) is 1.49. The summed E-state index contributed by atoms with van der Waals surface area (Å²) in [6.07, 6.45) is 3.77. The van der Waals surface area contributed by atoms with E-state index in [2.05, 4.69) is 26.1 Å². The van der Waals surface area contributed by atoms with Crippen molar-refractivity contribution in [1.82, 2.24) is 5.32 Å². The van der Waals surface area contributed by atoms with Crippen LogP contribution in [0, 0.1) is 11.3 Å². The highest BCUT2D eigenvalue weighted by molar-refractivity contribution is 4.77. The molecule has 0 amide bonds. The lowest BCUT2D eigenvalue weighted by molar-refractivity contribution is 0.126. The summed E-state index contributed by atoms with van der Waals surface area (Å²) in [6, 6.07) is 0.271. The fourth-order valence-corrected chi connectivity index (χ4v) is 1.49. The van der Waals surface area contributed by atoms with Gasteiger partial charge in [-0.05, 0) is 37.1 Å². The zero-order chi connectivity index (χ0) is 12.0. The number of hydrogen-bond donors (Lipinski definition) is 2. The van der Waals surface area contributed by atoms with Gasteiger partial charge in [-0.1, -0.05) is 20.8 Å². The Kier molecular flexibility index (Phi) is 5.73. The Bertz CT molecular complexity index is 185. The van der Waals surface area contributed by atoms with Crippen molar-refractivity contribution < 1.29 is 4.74 Å². The third-order valence-corrected chi connectivity index (χ3v) is 3.22. The second kappa shape index (κ2) is 6.58. The summed E-state index contributed by atoms with van der Waals surface area (Å²) in [6.45, 7) is 10.3. The van der Waals surface area contributed by atoms with Crippen LogP contribution < -0.4 is 11.1 Å². The van der Waals surface area contributed by atoms with Crippen LogP contribution in [-0.4, -0.2) is 32.3 Å². The van der Waals surface area contributed by atoms with Gasteiger partial charge in [-0.3, -0.25) is 0 Å². The normalized spacial score (nSPS) is 18.8. The van der Waals surface area contributed by atoms with Crippen molar-refractivity contribution in [3.8, 4) is 0 Å². The van der Waals surface area contributed by atoms with Crippen molar-refractivity contribution in [3.05, 3.63) is 0 Å². The second-order valence-electron chi connectivity index (χ2n) is 6.03. The van der Waals surface area contributed by atoms with Gasteiger partial charge < -0.3 is 15.8 Å². The van der Waals surface area contributed by atoms with Gasteiger partial charge in [0.2, 0.25) is 0 Å². The summed E-state index contributed by atoms with van der Waals surface area (Å²) in [4.78, 5) is 0. The maximum Gasteiger partial charge on any atom is 0.0591 e. The van der Waals surface area contributed by atoms with Crippen LogP contribution in [0.25, 0.3) is 0 Å². The van der Waals surface area contributed by atoms with Crippen LogP contribution in [0.2, 0.25) is 0 Å². The molecule has 0 heterocycles. The summed E-state index contributed by atoms with van der Waals surface area (Å²) in [7, 11) is 0. The molecule has 3 N–H and O–H groups in total. The molecule has 1 rings (SSSR count). The lowest BCUT2D eigenvalue weighted by Crippen LogP contribution is -2.38. The van der Waals surface area contributed by atoms with Crippen LogP contribution in [0.4, 0.5) is 0 Å². The minimum absolute atomic E-state index is 0.212. The van der Waals surface area contributed by atoms with Crippen LogP contribution in [-0.2, 0) is 4.74 Å². The lowest BCUT2D eigenvalue weighted by Gasteiger charge is -2.27. The van der Waals surface area contributed by atoms with E-state index in [1.165, 1.54) is 12.8 Å². The molecule has 1 atom stereocenters. The molecule has 1 fully saturated rings. The van der Waals surface area contributed by atoms with E-state index in [0.717, 1.165) is 38.6 Å². The van der Waals surface area contributed by atoms with Gasteiger partial charge in [0.15, 0.2) is 0 Å². The highest BCUT2D eigenvalue weighted by atomic mass is 16.5. The third-order valence-electron chi connectivity index (χ3n) is 3.22. The number of hydrogen-bond acceptors (Lipinski definition) is 3. The molecule has 3 heteroatoms. The zero-order valence-electron chi connectivity index (χ0n) is 11.1. The molecule has 1 aliphatic carbocycles. The molecule has 0 aromatic rings. The summed E-state index contributed by atoms with van der Waals surface area (Å²) >= 11 is 0. The van der Waals surface area contributed by atoms with E-state index < -0.39 is 0 Å². The second-order valence-corrected chi connectivity index (χ2v) is 6.03. The molecule has 1 aliphatic rings. The molecule has 0 aliphatic heterocycles. The first-order valence-corrected chi connectivity index (χ1v) is 6.54. The summed E-state index contributed by atoms with van der Waals surface area (Å²) in [5.74, 6) is 0.870. The van der Waals surface area contributed by atoms with Gasteiger partial charge in [0.05, 0.1) is 6.61 Å². The summed E-state index contributed by atoms with van der Waals surface area (Å²) in [5, 5.41) is 3.38. The molecule has 0 radical (unpaired) electrons. The quantitative estimate of drug-likeness (QED) is 0.622. The molecule has 0 aromatic heterocycles. The Morgan fingerprint density at radius 1 is 1.31 bits per heavy atom. The van der Waals surface area contributed by atoms with Crippen molar-refractivity contribution >= 4 is 0 Å². The first-order chi connectivity index (χ1) is 7.50. The van der Waals surface area contributed by atoms with Crippen molar-refractivity contribution in [2.45, 2.75) is 46.1 Å². The Labute approximate surface area is 100 Å². The maximum absolute atomic E-state index is 6.07. The predicted octanol–water partition coefficient (Wildman–Crippen LogP) is 1.77. The molecule has 0 bridgehead atoms. The Balaban J connectivity index is 1.83. The highest BCUT2D eigenvalue weighted by Crippen LogP contribution is 2.28. The fraction of sp³-hybridized carbons (Fsp3) is 1.00. The molecule has 1 unspecified atom stereocenters. The van der Waals surface area contributed by atoms with E-state index in [0.29, 0.717) is 0 Å². The minimum Gasteiger partial charge on any atom is -0.380 e. The standard InChI is InChI=1S/C13H28N2O/c1-13(2,3)12(14)6-7-15-8-9-16-10-11-4-5-11/h11-12,15H,4-10,14H2,1-3H3. The number of rotatable bonds is 8. The van der Waals surface area contributed by atoms with Crippen molar-refractivity contribution in [1.29, 1.82) is 0 Å². The maximum atomic E-state index is 6.07. The van der Waals surface area contributed by atoms with Gasteiger partial charge in [-0.15, -0.1) is 0 Å². The first-order valence-electron chi connectivity index (χ1n) is 6.54. The van der Waals surface area contributed by atoms with E-state index in [9.17, 15) is 0 Å². The number of ether oxygens (including phenoxy) is 1. The monoisotopic (exact) mass is 228 g/mol. The summed E-state index contributed by atoms with van der Waals surface area (Å²) in [5.41, 5.74) is 6.28. The van der Waals surface area contributed by atoms with Gasteiger partial charge in [0, 0.05) is 19.2 Å². The molecular formula is C13H28N2O. The lowest BCUT2D eigenvalue weighted by atomic mass is 9.85. The predicted molar refractivity (Wildman–Crippen MR) is 68.5 cm³/mol. The van der Waals surface area contributed by atoms with Crippen molar-refractivity contribution in [3.63, 3.8) is 0 Å². The van der Waals surface area contributed by atoms with E-state index in [1.54, 1.807) is 0 Å². The molecule has 16 heavy (non-hydrogen) atoms. The largest absolute Gasteiger partial charge is 0.380 e. The molecule has 0 aromatic carbocycles. The van der Waals surface area contributed by atoms with Crippen molar-refractivity contribution in [2.75, 3.05) is 26.3 Å². The van der Waals surface area contributed by atoms with Gasteiger partial charge in [-0.2, -0.15) is 0 Å². The number of nitrogens with one attached hydrogen (secondary N) is 1. The zero-order valence-corrected chi connectivity index (χ0v) is 11.1. The average Bonchev–Trinajstić information content (AvgIpc) is 2.98. The Hall–Kier alpha value is -0.120. The van der Waals surface area contributed by atoms with E-state index >= 15 is 0 Å². The average molecular weight is 228 g/mol. The van der Waals surface area contributed by atoms with Gasteiger partial charge in [0.1, 0.15) is 0 Å². The molecule has 0 saturated heterocycles. The topological polar surface area (TPSA) is 47.3 Å². The van der Waals surface area contributed by atoms with Gasteiger partial charge in [-0.25, -0.2) is 0 Å². The SMILES string of the molecule is CC(C)(C)C(N)CCNCCOCC1CC1. The minimum atomic E-state index is 0.212. The van der Waals surface area contributed by atoms with Crippen LogP contribution >= 0.6 is 0 Å². The summed E-state index contributed by atoms with van der Waals surface area (Å²) < 4.78 is 5.54. The smallest absolute Gasteiger partial charge is 0.0591 e. The van der Waals surface area contributed by atoms with Crippen LogP contribution in [0.3, 0.4) is 0 Å². The molecule has 96 valence electrons. The van der Waals surface area contributed by atoms with Crippen LogP contribution in [0.5, 0.6) is 0 Å². The van der Waals surface area contributed by atoms with Gasteiger partial charge >= 0.3 is 0 Å². The van der Waals surface area contributed by atoms with E-state index in [1.807, 2.05) is 0 Å². The van der Waals surface area contributed by atoms with E-state index in [4.69, 9.17) is 10.5 Å². The highest BCUT2D eigenvalue weighted by Gasteiger charge is 2.21. The van der Waals surface area contributed by atoms with Crippen LogP contribution in [0.1, 0.15) is 40.0 Å². The molecular weight excluding hydrogens is 200 g/mol. The molecule has 3 nitrogen and oxygen atoms in total. The van der Waals surface area contributed by atoms with E-state index in [-0.39, 0.29) is 11.5 Å². The van der Waals surface area contributed by atoms with Gasteiger partial charge in [0.25, 0.3) is 0 Å². The molecule has 0 spiro atoms. The molecule has 1 saturated carbocycles. The van der Waals surface area contributed by atoms with Crippen LogP contribution in [0.15, 0.2) is 0 Å². The van der Waals surface area contributed by atoms with Crippen molar-refractivity contribution in [2.24, 2.45) is 17.1 Å².